The Morgan fingerprint density at radius 2 is 1.11 bits per heavy atom. The van der Waals surface area contributed by atoms with Gasteiger partial charge in [0, 0.05) is 71.7 Å². The zero-order chi connectivity index (χ0) is 54.6. The normalized spacial score (nSPS) is 23.2. The SMILES string of the molecule is CC(C)(C)c1ccc(N(C(=O)[C@@]2(C)C[C@@H](O)CN2C#N)C(C(=O)NC2CCCCC2)c2ccc(CC(C)(C)c3ccc(N(C(=O)[C@@]4(C)C[C@H](O)CN4C#N)C(C(=O)NC4CCCCC4)c4cccnc4)cc3)nc2)cc1. The number of likely N-dealkylation sites (tertiary alicyclic amines) is 2. The molecule has 2 unspecified atom stereocenters. The summed E-state index contributed by atoms with van der Waals surface area (Å²) >= 11 is 0. The maximum atomic E-state index is 15.3. The first-order valence-corrected chi connectivity index (χ1v) is 27.2. The van der Waals surface area contributed by atoms with Gasteiger partial charge in [0.15, 0.2) is 12.4 Å². The van der Waals surface area contributed by atoms with E-state index in [-0.39, 0.29) is 55.2 Å². The van der Waals surface area contributed by atoms with Gasteiger partial charge in [0.1, 0.15) is 23.2 Å². The molecule has 2 saturated carbocycles. The third kappa shape index (κ3) is 11.7. The topological polar surface area (TPSA) is 219 Å². The number of pyridine rings is 2. The average Bonchev–Trinajstić information content (AvgIpc) is 3.93. The number of nitriles is 2. The van der Waals surface area contributed by atoms with E-state index in [0.717, 1.165) is 81.0 Å². The fourth-order valence-electron chi connectivity index (χ4n) is 12.0. The van der Waals surface area contributed by atoms with Gasteiger partial charge in [-0.1, -0.05) is 110 Å². The molecule has 2 aromatic carbocycles. The predicted octanol–water partition coefficient (Wildman–Crippen LogP) is 7.95. The molecule has 6 atom stereocenters. The van der Waals surface area contributed by atoms with Gasteiger partial charge in [-0.3, -0.25) is 48.7 Å². The minimum atomic E-state index is -1.44. The highest BCUT2D eigenvalue weighted by atomic mass is 16.3. The number of anilines is 2. The zero-order valence-electron chi connectivity index (χ0n) is 45.3. The fourth-order valence-corrected chi connectivity index (χ4v) is 12.0. The Morgan fingerprint density at radius 3 is 1.50 bits per heavy atom. The summed E-state index contributed by atoms with van der Waals surface area (Å²) in [5.74, 6) is -1.70. The molecule has 2 aliphatic heterocycles. The monoisotopic (exact) mass is 1030 g/mol. The first kappa shape index (κ1) is 55.4. The smallest absolute Gasteiger partial charge is 0.254 e. The summed E-state index contributed by atoms with van der Waals surface area (Å²) in [6, 6.07) is 19.9. The van der Waals surface area contributed by atoms with Gasteiger partial charge in [-0.15, -0.1) is 0 Å². The van der Waals surface area contributed by atoms with Crippen molar-refractivity contribution in [1.29, 1.82) is 10.5 Å². The summed E-state index contributed by atoms with van der Waals surface area (Å²) in [7, 11) is 0. The number of aromatic nitrogens is 2. The molecule has 4 aromatic rings. The Morgan fingerprint density at radius 1 is 0.658 bits per heavy atom. The van der Waals surface area contributed by atoms with E-state index in [4.69, 9.17) is 4.98 Å². The predicted molar refractivity (Wildman–Crippen MR) is 290 cm³/mol. The van der Waals surface area contributed by atoms with Gasteiger partial charge in [0.2, 0.25) is 11.8 Å². The quantitative estimate of drug-likeness (QED) is 0.0834. The lowest BCUT2D eigenvalue weighted by atomic mass is 9.80. The van der Waals surface area contributed by atoms with Gasteiger partial charge in [-0.25, -0.2) is 0 Å². The van der Waals surface area contributed by atoms with Crippen molar-refractivity contribution in [2.45, 2.75) is 190 Å². The van der Waals surface area contributed by atoms with Gasteiger partial charge in [0.25, 0.3) is 11.8 Å². The zero-order valence-corrected chi connectivity index (χ0v) is 45.3. The first-order chi connectivity index (χ1) is 36.2. The highest BCUT2D eigenvalue weighted by Crippen LogP contribution is 2.41. The number of hydrogen-bond donors (Lipinski definition) is 4. The average molecular weight is 1030 g/mol. The lowest BCUT2D eigenvalue weighted by Crippen LogP contribution is -2.57. The van der Waals surface area contributed by atoms with E-state index in [9.17, 15) is 30.3 Å². The molecule has 0 spiro atoms. The highest BCUT2D eigenvalue weighted by Gasteiger charge is 2.53. The number of aliphatic hydroxyl groups is 2. The van der Waals surface area contributed by atoms with Crippen LogP contribution in [0.3, 0.4) is 0 Å². The van der Waals surface area contributed by atoms with Crippen LogP contribution in [0.4, 0.5) is 11.4 Å². The van der Waals surface area contributed by atoms with Crippen LogP contribution in [-0.4, -0.2) is 102 Å². The van der Waals surface area contributed by atoms with E-state index < -0.39 is 52.6 Å². The summed E-state index contributed by atoms with van der Waals surface area (Å²) in [5, 5.41) is 48.7. The molecular formula is C60H76N10O6. The van der Waals surface area contributed by atoms with Crippen LogP contribution in [-0.2, 0) is 36.4 Å². The molecule has 4 N–H and O–H groups in total. The maximum absolute atomic E-state index is 15.3. The number of rotatable bonds is 15. The molecule has 0 radical (unpaired) electrons. The molecule has 76 heavy (non-hydrogen) atoms. The van der Waals surface area contributed by atoms with Crippen LogP contribution in [0.5, 0.6) is 0 Å². The van der Waals surface area contributed by atoms with Gasteiger partial charge < -0.3 is 20.8 Å². The number of aliphatic hydroxyl groups excluding tert-OH is 2. The number of nitrogens with zero attached hydrogens (tertiary/aromatic N) is 8. The van der Waals surface area contributed by atoms with Crippen molar-refractivity contribution >= 4 is 35.0 Å². The molecule has 2 aliphatic carbocycles. The van der Waals surface area contributed by atoms with Crippen LogP contribution >= 0.6 is 0 Å². The molecule has 4 aliphatic rings. The lowest BCUT2D eigenvalue weighted by molar-refractivity contribution is -0.131. The highest BCUT2D eigenvalue weighted by molar-refractivity contribution is 6.07. The molecule has 0 bridgehead atoms. The Kier molecular flexibility index (Phi) is 16.6. The van der Waals surface area contributed by atoms with Gasteiger partial charge in [-0.05, 0) is 104 Å². The van der Waals surface area contributed by atoms with Crippen LogP contribution in [0.25, 0.3) is 0 Å². The summed E-state index contributed by atoms with van der Waals surface area (Å²) in [5.41, 5.74) is 0.954. The summed E-state index contributed by atoms with van der Waals surface area (Å²) in [6.45, 7) is 13.8. The molecule has 4 heterocycles. The number of β-amino-alcohol motifs (C(OH)–C–C–N with tert-alkyl or cyclic N) is 2. The molecule has 16 heteroatoms. The van der Waals surface area contributed by atoms with Crippen LogP contribution in [0, 0.1) is 22.9 Å². The second-order valence-corrected chi connectivity index (χ2v) is 23.8. The van der Waals surface area contributed by atoms with Gasteiger partial charge in [0.05, 0.1) is 25.3 Å². The summed E-state index contributed by atoms with van der Waals surface area (Å²) in [4.78, 5) is 75.0. The van der Waals surface area contributed by atoms with E-state index in [2.05, 4.69) is 62.6 Å². The van der Waals surface area contributed by atoms with E-state index >= 15 is 9.59 Å². The van der Waals surface area contributed by atoms with Crippen molar-refractivity contribution in [3.05, 3.63) is 119 Å². The van der Waals surface area contributed by atoms with Crippen molar-refractivity contribution in [3.63, 3.8) is 0 Å². The largest absolute Gasteiger partial charge is 0.391 e. The Balaban J connectivity index is 1.13. The number of amides is 4. The minimum Gasteiger partial charge on any atom is -0.391 e. The molecule has 2 aromatic heterocycles. The molecule has 2 saturated heterocycles. The molecule has 8 rings (SSSR count). The van der Waals surface area contributed by atoms with E-state index in [1.54, 1.807) is 44.6 Å². The second-order valence-electron chi connectivity index (χ2n) is 23.8. The van der Waals surface area contributed by atoms with Crippen molar-refractivity contribution in [2.24, 2.45) is 0 Å². The van der Waals surface area contributed by atoms with E-state index in [1.807, 2.05) is 60.7 Å². The van der Waals surface area contributed by atoms with Crippen LogP contribution in [0.15, 0.2) is 91.4 Å². The molecular weight excluding hydrogens is 957 g/mol. The van der Waals surface area contributed by atoms with E-state index in [0.29, 0.717) is 28.9 Å². The number of carbonyl (C=O) groups is 4. The van der Waals surface area contributed by atoms with Gasteiger partial charge in [-0.2, -0.15) is 10.5 Å². The number of benzene rings is 2. The molecule has 402 valence electrons. The van der Waals surface area contributed by atoms with Crippen molar-refractivity contribution in [1.82, 2.24) is 30.4 Å². The third-order valence-corrected chi connectivity index (χ3v) is 16.5. The van der Waals surface area contributed by atoms with Crippen molar-refractivity contribution in [2.75, 3.05) is 22.9 Å². The van der Waals surface area contributed by atoms with Gasteiger partial charge >= 0.3 is 0 Å². The number of hydrogen-bond acceptors (Lipinski definition) is 12. The summed E-state index contributed by atoms with van der Waals surface area (Å²) in [6.07, 6.45) is 17.2. The van der Waals surface area contributed by atoms with E-state index in [1.165, 1.54) is 19.6 Å². The van der Waals surface area contributed by atoms with Crippen LogP contribution in [0.2, 0.25) is 0 Å². The maximum Gasteiger partial charge on any atom is 0.254 e. The molecule has 16 nitrogen and oxygen atoms in total. The Labute approximate surface area is 448 Å². The minimum absolute atomic E-state index is 0.00490. The second kappa shape index (κ2) is 22.8. The lowest BCUT2D eigenvalue weighted by Gasteiger charge is -2.39. The van der Waals surface area contributed by atoms with Crippen LogP contribution in [0.1, 0.15) is 166 Å². The van der Waals surface area contributed by atoms with Crippen molar-refractivity contribution < 1.29 is 29.4 Å². The van der Waals surface area contributed by atoms with Crippen molar-refractivity contribution in [3.8, 4) is 12.4 Å². The Hall–Kier alpha value is -6.88. The molecule has 4 amide bonds. The third-order valence-electron chi connectivity index (χ3n) is 16.5. The number of carbonyl (C=O) groups excluding carboxylic acids is 4. The summed E-state index contributed by atoms with van der Waals surface area (Å²) < 4.78 is 0. The number of nitrogens with one attached hydrogen (secondary N) is 2. The Bertz CT molecular complexity index is 2780. The first-order valence-electron chi connectivity index (χ1n) is 27.2. The fraction of sp³-hybridized carbons (Fsp3) is 0.533. The molecule has 4 fully saturated rings. The van der Waals surface area contributed by atoms with Crippen LogP contribution < -0.4 is 20.4 Å². The standard InChI is InChI=1S/C60H76N10O6/c1-57(2,3)42-21-26-47(27-22-42)70(56(76)60(7)33-50(72)37-68(60)39-62)52(54(74)66-45-18-12-9-13-19-45)41-20-25-46(64-35-41)31-58(4,5)43-23-28-48(29-24-43)69(55(75)59(6)32-49(71)36-67(59)38-61)51(40-15-14-30-63-34-40)53(73)65-44-16-10-8-11-17-44/h14-15,20-30,34-35,44-45,49-52,71-72H,8-13,16-19,31-33,36-37H2,1-7H3,(H,65,73)(H,66,74)/t49-,50+,51?,52?,59+,60+/m0/s1.